The molecule has 1 aliphatic carbocycles. The van der Waals surface area contributed by atoms with Crippen LogP contribution in [-0.2, 0) is 43.8 Å². The molecule has 1 fully saturated rings. The van der Waals surface area contributed by atoms with Gasteiger partial charge in [0.1, 0.15) is 11.9 Å². The van der Waals surface area contributed by atoms with Gasteiger partial charge in [0.25, 0.3) is 10.1 Å². The van der Waals surface area contributed by atoms with Gasteiger partial charge in [-0.05, 0) is 12.1 Å². The van der Waals surface area contributed by atoms with Crippen LogP contribution in [0.15, 0.2) is 47.4 Å². The molecular formula is C28H34FN3O11S2. The average molecular weight is 672 g/mol. The number of rotatable bonds is 10. The Hall–Kier alpha value is -3.61. The molecular weight excluding hydrogens is 637 g/mol. The Morgan fingerprint density at radius 2 is 1.47 bits per heavy atom. The number of anilines is 1. The summed E-state index contributed by atoms with van der Waals surface area (Å²) in [7, 11) is -8.30. The molecule has 1 saturated heterocycles. The zero-order chi connectivity index (χ0) is 32.7. The lowest BCUT2D eigenvalue weighted by atomic mass is 9.90. The van der Waals surface area contributed by atoms with E-state index < -0.39 is 55.9 Å². The molecule has 5 rings (SSSR count). The monoisotopic (exact) mass is 671 g/mol. The number of aliphatic hydroxyl groups is 2. The van der Waals surface area contributed by atoms with Crippen LogP contribution in [0.3, 0.4) is 0 Å². The summed E-state index contributed by atoms with van der Waals surface area (Å²) >= 11 is 0. The fourth-order valence-corrected chi connectivity index (χ4v) is 7.14. The highest BCUT2D eigenvalue weighted by atomic mass is 32.2. The molecule has 0 saturated carbocycles. The van der Waals surface area contributed by atoms with Gasteiger partial charge >= 0.3 is 10.1 Å². The molecule has 45 heavy (non-hydrogen) atoms. The summed E-state index contributed by atoms with van der Waals surface area (Å²) in [4.78, 5) is 3.44. The van der Waals surface area contributed by atoms with E-state index in [1.165, 1.54) is 24.3 Å². The number of aliphatic hydroxyl groups excluding tert-OH is 2. The number of phenolic OH excluding ortho intramolecular Hbond substituents is 1. The summed E-state index contributed by atoms with van der Waals surface area (Å²) in [5.74, 6) is -2.76. The first-order valence-electron chi connectivity index (χ1n) is 14.0. The van der Waals surface area contributed by atoms with Crippen LogP contribution in [-0.4, -0.2) is 109 Å². The number of aromatic hydroxyl groups is 3. The lowest BCUT2D eigenvalue weighted by molar-refractivity contribution is 0.0136. The van der Waals surface area contributed by atoms with Crippen molar-refractivity contribution in [2.45, 2.75) is 42.6 Å². The molecule has 1 aliphatic heterocycles. The average Bonchev–Trinajstić information content (AvgIpc) is 3.19. The van der Waals surface area contributed by atoms with Crippen molar-refractivity contribution in [1.29, 1.82) is 0 Å². The van der Waals surface area contributed by atoms with Gasteiger partial charge in [-0.1, -0.05) is 18.2 Å². The maximum Gasteiger partial charge on any atom is 0.306 e. The highest BCUT2D eigenvalue weighted by Crippen LogP contribution is 2.39. The van der Waals surface area contributed by atoms with Crippen LogP contribution < -0.4 is 9.08 Å². The van der Waals surface area contributed by atoms with Crippen LogP contribution in [0.4, 0.5) is 10.1 Å². The lowest BCUT2D eigenvalue weighted by Gasteiger charge is -2.37. The number of halogens is 1. The van der Waals surface area contributed by atoms with Gasteiger partial charge in [0.2, 0.25) is 0 Å². The second kappa shape index (κ2) is 12.6. The van der Waals surface area contributed by atoms with E-state index in [0.717, 1.165) is 23.0 Å². The zero-order valence-electron chi connectivity index (χ0n) is 24.2. The van der Waals surface area contributed by atoms with E-state index in [2.05, 4.69) is 4.18 Å². The largest absolute Gasteiger partial charge is 0.506 e. The molecule has 3 atom stereocenters. The highest BCUT2D eigenvalue weighted by molar-refractivity contribution is 7.86. The van der Waals surface area contributed by atoms with Crippen molar-refractivity contribution in [3.05, 3.63) is 59.4 Å². The van der Waals surface area contributed by atoms with Crippen molar-refractivity contribution in [3.63, 3.8) is 0 Å². The van der Waals surface area contributed by atoms with Crippen molar-refractivity contribution in [1.82, 2.24) is 9.47 Å². The van der Waals surface area contributed by atoms with Gasteiger partial charge in [0.05, 0.1) is 35.6 Å². The molecule has 2 heterocycles. The number of aromatic nitrogens is 1. The Labute approximate surface area is 259 Å². The van der Waals surface area contributed by atoms with E-state index in [9.17, 15) is 46.8 Å². The van der Waals surface area contributed by atoms with E-state index >= 15 is 0 Å². The Balaban J connectivity index is 1.34. The van der Waals surface area contributed by atoms with E-state index in [1.54, 1.807) is 11.0 Å². The highest BCUT2D eigenvalue weighted by Gasteiger charge is 2.35. The minimum atomic E-state index is -4.28. The molecule has 246 valence electrons. The van der Waals surface area contributed by atoms with E-state index in [4.69, 9.17) is 4.18 Å². The number of piperazine rings is 1. The van der Waals surface area contributed by atoms with Crippen LogP contribution >= 0.6 is 0 Å². The van der Waals surface area contributed by atoms with E-state index in [-0.39, 0.29) is 72.5 Å². The van der Waals surface area contributed by atoms with Crippen molar-refractivity contribution < 1.29 is 55.1 Å². The van der Waals surface area contributed by atoms with Crippen LogP contribution in [0.5, 0.6) is 23.3 Å². The first-order valence-corrected chi connectivity index (χ1v) is 17.2. The van der Waals surface area contributed by atoms with Crippen molar-refractivity contribution in [3.8, 4) is 23.3 Å². The van der Waals surface area contributed by atoms with E-state index in [0.29, 0.717) is 13.1 Å². The smallest absolute Gasteiger partial charge is 0.306 e. The third-order valence-corrected chi connectivity index (χ3v) is 9.67. The number of phenols is 1. The minimum Gasteiger partial charge on any atom is -0.506 e. The standard InChI is InChI=1S/C28H34FN3O11S2/c1-44(38,39)43-26-14-23(33)22(13-21(26)29)31-9-7-30(8-10-31)15-17(42-45(40,41)18-5-3-2-4-6-18)16-32-27(36)19-11-24(34)25(35)12-20(19)28(32)37/h2-6,13-14,17,24-25,33-37H,7-12,15-16H2,1H3. The van der Waals surface area contributed by atoms with Crippen LogP contribution in [0.2, 0.25) is 0 Å². The molecule has 2 aromatic carbocycles. The third kappa shape index (κ3) is 7.29. The summed E-state index contributed by atoms with van der Waals surface area (Å²) < 4.78 is 75.0. The number of fused-ring (bicyclic) bond motifs is 1. The van der Waals surface area contributed by atoms with Gasteiger partial charge in [0, 0.05) is 68.8 Å². The molecule has 2 aliphatic rings. The number of benzene rings is 2. The third-order valence-electron chi connectivity index (χ3n) is 7.81. The van der Waals surface area contributed by atoms with Gasteiger partial charge in [-0.15, -0.1) is 0 Å². The number of hydrogen-bond donors (Lipinski definition) is 5. The summed E-state index contributed by atoms with van der Waals surface area (Å²) in [5, 5.41) is 52.5. The maximum absolute atomic E-state index is 14.6. The molecule has 0 spiro atoms. The number of hydrogen-bond acceptors (Lipinski definition) is 13. The fraction of sp³-hybridized carbons (Fsp3) is 0.429. The van der Waals surface area contributed by atoms with Gasteiger partial charge < -0.3 is 34.6 Å². The van der Waals surface area contributed by atoms with Crippen molar-refractivity contribution in [2.24, 2.45) is 0 Å². The molecule has 5 N–H and O–H groups in total. The van der Waals surface area contributed by atoms with Crippen LogP contribution in [0.25, 0.3) is 0 Å². The normalized spacial score (nSPS) is 20.1. The zero-order valence-corrected chi connectivity index (χ0v) is 25.8. The lowest BCUT2D eigenvalue weighted by Crippen LogP contribution is -2.49. The molecule has 1 aromatic heterocycles. The van der Waals surface area contributed by atoms with Gasteiger partial charge in [0.15, 0.2) is 23.3 Å². The molecule has 3 unspecified atom stereocenters. The molecule has 3 aromatic rings. The number of nitrogens with zero attached hydrogens (tertiary/aromatic N) is 3. The second-order valence-corrected chi connectivity index (χ2v) is 14.2. The predicted molar refractivity (Wildman–Crippen MR) is 158 cm³/mol. The quantitative estimate of drug-likeness (QED) is 0.187. The van der Waals surface area contributed by atoms with Gasteiger partial charge in [-0.3, -0.25) is 13.7 Å². The predicted octanol–water partition coefficient (Wildman–Crippen LogP) is 0.499. The van der Waals surface area contributed by atoms with Crippen LogP contribution in [0.1, 0.15) is 11.1 Å². The molecule has 0 amide bonds. The van der Waals surface area contributed by atoms with Gasteiger partial charge in [-0.2, -0.15) is 16.8 Å². The Morgan fingerprint density at radius 1 is 0.889 bits per heavy atom. The van der Waals surface area contributed by atoms with E-state index in [1.807, 2.05) is 4.90 Å². The Morgan fingerprint density at radius 3 is 2.02 bits per heavy atom. The molecule has 14 nitrogen and oxygen atoms in total. The first kappa shape index (κ1) is 32.8. The van der Waals surface area contributed by atoms with Crippen molar-refractivity contribution in [2.75, 3.05) is 43.9 Å². The Kier molecular flexibility index (Phi) is 9.21. The minimum absolute atomic E-state index is 0.0222. The maximum atomic E-state index is 14.6. The topological polar surface area (TPSA) is 199 Å². The molecule has 17 heteroatoms. The fourth-order valence-electron chi connectivity index (χ4n) is 5.60. The second-order valence-electron chi connectivity index (χ2n) is 11.1. The summed E-state index contributed by atoms with van der Waals surface area (Å²) in [6.45, 7) is 0.882. The van der Waals surface area contributed by atoms with Crippen LogP contribution in [0, 0.1) is 5.82 Å². The summed E-state index contributed by atoms with van der Waals surface area (Å²) in [6, 6.07) is 9.31. The summed E-state index contributed by atoms with van der Waals surface area (Å²) in [5.41, 5.74) is 0.622. The summed E-state index contributed by atoms with van der Waals surface area (Å²) in [6.07, 6.45) is -2.86. The molecule has 0 radical (unpaired) electrons. The Bertz CT molecular complexity index is 1730. The first-order chi connectivity index (χ1) is 21.1. The SMILES string of the molecule is CS(=O)(=O)Oc1cc(O)c(N2CCN(CC(Cn3c(O)c4c(c3O)CC(O)C(O)C4)OS(=O)(=O)c3ccccc3)CC2)cc1F. The van der Waals surface area contributed by atoms with Crippen molar-refractivity contribution >= 4 is 25.9 Å². The molecule has 0 bridgehead atoms. The van der Waals surface area contributed by atoms with Gasteiger partial charge in [-0.25, -0.2) is 4.39 Å².